The van der Waals surface area contributed by atoms with Crippen molar-refractivity contribution in [3.63, 3.8) is 0 Å². The monoisotopic (exact) mass is 248 g/mol. The van der Waals surface area contributed by atoms with Crippen LogP contribution in [0.15, 0.2) is 35.2 Å². The maximum absolute atomic E-state index is 5.32. The second kappa shape index (κ2) is 6.07. The maximum Gasteiger partial charge on any atom is 0.180 e. The largest absolute Gasteiger partial charge is 0.497 e. The standard InChI is InChI=1S/C13H16N2O3/c1-16-11-4-3-10(13(5-11)17-2)6-14-7-12-8-15-9-18-12/h3-5,8-9,14H,6-7H2,1-2H3. The van der Waals surface area contributed by atoms with Gasteiger partial charge in [-0.15, -0.1) is 0 Å². The lowest BCUT2D eigenvalue weighted by atomic mass is 10.2. The molecular formula is C13H16N2O3. The zero-order valence-electron chi connectivity index (χ0n) is 10.5. The van der Waals surface area contributed by atoms with Crippen LogP contribution in [0, 0.1) is 0 Å². The summed E-state index contributed by atoms with van der Waals surface area (Å²) < 4.78 is 15.6. The van der Waals surface area contributed by atoms with E-state index in [9.17, 15) is 0 Å². The Morgan fingerprint density at radius 3 is 2.78 bits per heavy atom. The van der Waals surface area contributed by atoms with Crippen molar-refractivity contribution in [2.24, 2.45) is 0 Å². The number of aromatic nitrogens is 1. The average Bonchev–Trinajstić information content (AvgIpc) is 2.92. The summed E-state index contributed by atoms with van der Waals surface area (Å²) in [4.78, 5) is 3.86. The van der Waals surface area contributed by atoms with E-state index < -0.39 is 0 Å². The van der Waals surface area contributed by atoms with E-state index in [-0.39, 0.29) is 0 Å². The van der Waals surface area contributed by atoms with Crippen molar-refractivity contribution in [1.29, 1.82) is 0 Å². The molecular weight excluding hydrogens is 232 g/mol. The zero-order chi connectivity index (χ0) is 12.8. The molecule has 0 bridgehead atoms. The number of rotatable bonds is 6. The Hall–Kier alpha value is -2.01. The van der Waals surface area contributed by atoms with E-state index in [2.05, 4.69) is 10.3 Å². The fraction of sp³-hybridized carbons (Fsp3) is 0.308. The minimum Gasteiger partial charge on any atom is -0.497 e. The highest BCUT2D eigenvalue weighted by molar-refractivity contribution is 5.40. The van der Waals surface area contributed by atoms with Crippen LogP contribution in [0.25, 0.3) is 0 Å². The molecule has 0 unspecified atom stereocenters. The molecule has 18 heavy (non-hydrogen) atoms. The number of nitrogens with one attached hydrogen (secondary N) is 1. The van der Waals surface area contributed by atoms with Gasteiger partial charge in [-0.3, -0.25) is 0 Å². The highest BCUT2D eigenvalue weighted by Crippen LogP contribution is 2.24. The van der Waals surface area contributed by atoms with Crippen LogP contribution in [0.4, 0.5) is 0 Å². The molecule has 1 heterocycles. The number of nitrogens with zero attached hydrogens (tertiary/aromatic N) is 1. The molecule has 0 aliphatic rings. The Morgan fingerprint density at radius 2 is 2.11 bits per heavy atom. The van der Waals surface area contributed by atoms with Crippen LogP contribution in [-0.2, 0) is 13.1 Å². The van der Waals surface area contributed by atoms with Gasteiger partial charge in [0.05, 0.1) is 27.0 Å². The molecule has 0 aliphatic carbocycles. The van der Waals surface area contributed by atoms with Gasteiger partial charge in [-0.1, -0.05) is 6.07 Å². The highest BCUT2D eigenvalue weighted by atomic mass is 16.5. The molecule has 2 rings (SSSR count). The molecule has 0 amide bonds. The summed E-state index contributed by atoms with van der Waals surface area (Å²) >= 11 is 0. The summed E-state index contributed by atoms with van der Waals surface area (Å²) in [5, 5.41) is 3.26. The van der Waals surface area contributed by atoms with E-state index in [1.807, 2.05) is 18.2 Å². The van der Waals surface area contributed by atoms with E-state index >= 15 is 0 Å². The van der Waals surface area contributed by atoms with Crippen LogP contribution in [0.5, 0.6) is 11.5 Å². The minimum absolute atomic E-state index is 0.634. The number of benzene rings is 1. The topological polar surface area (TPSA) is 56.5 Å². The first-order valence-electron chi connectivity index (χ1n) is 5.62. The molecule has 5 heteroatoms. The SMILES string of the molecule is COc1ccc(CNCc2cnco2)c(OC)c1. The van der Waals surface area contributed by atoms with E-state index in [1.165, 1.54) is 6.39 Å². The van der Waals surface area contributed by atoms with Crippen molar-refractivity contribution < 1.29 is 13.9 Å². The summed E-state index contributed by atoms with van der Waals surface area (Å²) in [6, 6.07) is 5.75. The van der Waals surface area contributed by atoms with Crippen LogP contribution in [-0.4, -0.2) is 19.2 Å². The zero-order valence-corrected chi connectivity index (χ0v) is 10.5. The fourth-order valence-corrected chi connectivity index (χ4v) is 1.65. The van der Waals surface area contributed by atoms with Crippen molar-refractivity contribution in [3.05, 3.63) is 42.1 Å². The minimum atomic E-state index is 0.634. The third kappa shape index (κ3) is 3.01. The molecule has 0 atom stereocenters. The highest BCUT2D eigenvalue weighted by Gasteiger charge is 2.05. The van der Waals surface area contributed by atoms with Crippen LogP contribution >= 0.6 is 0 Å². The number of hydrogen-bond donors (Lipinski definition) is 1. The van der Waals surface area contributed by atoms with Crippen molar-refractivity contribution in [3.8, 4) is 11.5 Å². The molecule has 0 saturated carbocycles. The van der Waals surface area contributed by atoms with Gasteiger partial charge in [0, 0.05) is 18.2 Å². The Labute approximate surface area is 106 Å². The molecule has 0 saturated heterocycles. The van der Waals surface area contributed by atoms with E-state index in [4.69, 9.17) is 13.9 Å². The van der Waals surface area contributed by atoms with Crippen LogP contribution < -0.4 is 14.8 Å². The maximum atomic E-state index is 5.32. The third-order valence-electron chi connectivity index (χ3n) is 2.59. The third-order valence-corrected chi connectivity index (χ3v) is 2.59. The summed E-state index contributed by atoms with van der Waals surface area (Å²) in [6.07, 6.45) is 3.11. The molecule has 96 valence electrons. The Balaban J connectivity index is 1.96. The van der Waals surface area contributed by atoms with Gasteiger partial charge in [-0.2, -0.15) is 0 Å². The smallest absolute Gasteiger partial charge is 0.180 e. The molecule has 1 aromatic heterocycles. The molecule has 2 aromatic rings. The number of oxazole rings is 1. The van der Waals surface area contributed by atoms with Gasteiger partial charge < -0.3 is 19.2 Å². The van der Waals surface area contributed by atoms with E-state index in [1.54, 1.807) is 20.4 Å². The van der Waals surface area contributed by atoms with Crippen LogP contribution in [0.2, 0.25) is 0 Å². The van der Waals surface area contributed by atoms with Crippen molar-refractivity contribution in [2.75, 3.05) is 14.2 Å². The lowest BCUT2D eigenvalue weighted by Crippen LogP contribution is -2.12. The predicted octanol–water partition coefficient (Wildman–Crippen LogP) is 1.98. The quantitative estimate of drug-likeness (QED) is 0.847. The van der Waals surface area contributed by atoms with Gasteiger partial charge in [0.1, 0.15) is 17.3 Å². The number of ether oxygens (including phenoxy) is 2. The molecule has 5 nitrogen and oxygen atoms in total. The van der Waals surface area contributed by atoms with Gasteiger partial charge in [0.2, 0.25) is 0 Å². The van der Waals surface area contributed by atoms with Gasteiger partial charge in [-0.25, -0.2) is 4.98 Å². The predicted molar refractivity (Wildman–Crippen MR) is 66.6 cm³/mol. The molecule has 0 aliphatic heterocycles. The summed E-state index contributed by atoms with van der Waals surface area (Å²) in [7, 11) is 3.28. The molecule has 0 radical (unpaired) electrons. The van der Waals surface area contributed by atoms with E-state index in [0.717, 1.165) is 22.8 Å². The number of hydrogen-bond acceptors (Lipinski definition) is 5. The lowest BCUT2D eigenvalue weighted by Gasteiger charge is -2.10. The summed E-state index contributed by atoms with van der Waals surface area (Å²) in [6.45, 7) is 1.32. The first-order chi connectivity index (χ1) is 8.83. The Morgan fingerprint density at radius 1 is 1.22 bits per heavy atom. The summed E-state index contributed by atoms with van der Waals surface area (Å²) in [5.41, 5.74) is 1.07. The Kier molecular flexibility index (Phi) is 4.20. The summed E-state index contributed by atoms with van der Waals surface area (Å²) in [5.74, 6) is 2.40. The van der Waals surface area contributed by atoms with E-state index in [0.29, 0.717) is 13.1 Å². The first-order valence-corrected chi connectivity index (χ1v) is 5.62. The van der Waals surface area contributed by atoms with Gasteiger partial charge >= 0.3 is 0 Å². The molecule has 1 N–H and O–H groups in total. The normalized spacial score (nSPS) is 10.3. The van der Waals surface area contributed by atoms with Gasteiger partial charge in [0.25, 0.3) is 0 Å². The lowest BCUT2D eigenvalue weighted by molar-refractivity contribution is 0.389. The molecule has 0 fully saturated rings. The molecule has 1 aromatic carbocycles. The second-order valence-corrected chi connectivity index (χ2v) is 3.75. The van der Waals surface area contributed by atoms with Gasteiger partial charge in [-0.05, 0) is 6.07 Å². The Bertz CT molecular complexity index is 483. The van der Waals surface area contributed by atoms with Crippen molar-refractivity contribution in [2.45, 2.75) is 13.1 Å². The van der Waals surface area contributed by atoms with Crippen molar-refractivity contribution >= 4 is 0 Å². The van der Waals surface area contributed by atoms with Crippen molar-refractivity contribution in [1.82, 2.24) is 10.3 Å². The van der Waals surface area contributed by atoms with Gasteiger partial charge in [0.15, 0.2) is 6.39 Å². The fourth-order valence-electron chi connectivity index (χ4n) is 1.65. The van der Waals surface area contributed by atoms with Crippen LogP contribution in [0.3, 0.4) is 0 Å². The second-order valence-electron chi connectivity index (χ2n) is 3.75. The van der Waals surface area contributed by atoms with Crippen LogP contribution in [0.1, 0.15) is 11.3 Å². The first kappa shape index (κ1) is 12.4. The molecule has 0 spiro atoms. The number of methoxy groups -OCH3 is 2. The average molecular weight is 248 g/mol.